The first-order chi connectivity index (χ1) is 8.20. The zero-order valence-electron chi connectivity index (χ0n) is 10.5. The molecule has 0 saturated carbocycles. The second kappa shape index (κ2) is 5.17. The fraction of sp³-hybridized carbons (Fsp3) is 0.400. The van der Waals surface area contributed by atoms with E-state index in [0.717, 1.165) is 41.7 Å². The van der Waals surface area contributed by atoms with Crippen LogP contribution in [0.2, 0.25) is 0 Å². The van der Waals surface area contributed by atoms with Crippen LogP contribution in [0.3, 0.4) is 0 Å². The van der Waals surface area contributed by atoms with Crippen LogP contribution in [-0.2, 0) is 11.2 Å². The Morgan fingerprint density at radius 2 is 2.24 bits per heavy atom. The van der Waals surface area contributed by atoms with Gasteiger partial charge in [-0.2, -0.15) is 0 Å². The number of aryl methyl sites for hydroxylation is 1. The Bertz CT molecular complexity index is 458. The van der Waals surface area contributed by atoms with Crippen LogP contribution in [0.25, 0.3) is 0 Å². The van der Waals surface area contributed by atoms with Gasteiger partial charge in [0.05, 0.1) is 7.11 Å². The van der Waals surface area contributed by atoms with Crippen LogP contribution in [0.1, 0.15) is 30.4 Å². The SMILES string of the molecule is COc1ccc(C)cc1CC(=O)C1=CCCC1. The van der Waals surface area contributed by atoms with E-state index >= 15 is 0 Å². The maximum absolute atomic E-state index is 12.1. The Morgan fingerprint density at radius 3 is 2.88 bits per heavy atom. The number of ether oxygens (including phenoxy) is 1. The molecule has 0 aliphatic heterocycles. The van der Waals surface area contributed by atoms with Gasteiger partial charge in [-0.1, -0.05) is 23.8 Å². The third-order valence-corrected chi connectivity index (χ3v) is 3.19. The zero-order valence-corrected chi connectivity index (χ0v) is 10.5. The minimum atomic E-state index is 0.242. The molecule has 1 aliphatic rings. The Labute approximate surface area is 102 Å². The Kier molecular flexibility index (Phi) is 3.62. The molecule has 0 spiro atoms. The lowest BCUT2D eigenvalue weighted by molar-refractivity contribution is -0.115. The summed E-state index contributed by atoms with van der Waals surface area (Å²) in [7, 11) is 1.65. The first-order valence-electron chi connectivity index (χ1n) is 6.06. The number of benzene rings is 1. The standard InChI is InChI=1S/C15H18O2/c1-11-7-8-15(17-2)13(9-11)10-14(16)12-5-3-4-6-12/h5,7-9H,3-4,6,10H2,1-2H3. The predicted molar refractivity (Wildman–Crippen MR) is 68.4 cm³/mol. The van der Waals surface area contributed by atoms with Crippen molar-refractivity contribution < 1.29 is 9.53 Å². The summed E-state index contributed by atoms with van der Waals surface area (Å²) >= 11 is 0. The molecule has 0 bridgehead atoms. The van der Waals surface area contributed by atoms with Crippen molar-refractivity contribution in [1.29, 1.82) is 0 Å². The molecule has 2 rings (SSSR count). The molecule has 0 amide bonds. The van der Waals surface area contributed by atoms with Gasteiger partial charge in [-0.25, -0.2) is 0 Å². The molecule has 1 aromatic rings. The highest BCUT2D eigenvalue weighted by molar-refractivity contribution is 5.97. The van der Waals surface area contributed by atoms with Crippen LogP contribution >= 0.6 is 0 Å². The number of carbonyl (C=O) groups is 1. The summed E-state index contributed by atoms with van der Waals surface area (Å²) < 4.78 is 5.29. The predicted octanol–water partition coefficient (Wildman–Crippen LogP) is 3.23. The van der Waals surface area contributed by atoms with Gasteiger partial charge in [0.1, 0.15) is 5.75 Å². The molecule has 17 heavy (non-hydrogen) atoms. The first-order valence-corrected chi connectivity index (χ1v) is 6.06. The molecule has 0 saturated heterocycles. The van der Waals surface area contributed by atoms with Crippen LogP contribution in [0, 0.1) is 6.92 Å². The number of allylic oxidation sites excluding steroid dienone is 2. The van der Waals surface area contributed by atoms with Crippen LogP contribution in [0.15, 0.2) is 29.8 Å². The maximum atomic E-state index is 12.1. The summed E-state index contributed by atoms with van der Waals surface area (Å²) in [6.45, 7) is 2.03. The minimum absolute atomic E-state index is 0.242. The summed E-state index contributed by atoms with van der Waals surface area (Å²) in [5.74, 6) is 1.05. The summed E-state index contributed by atoms with van der Waals surface area (Å²) in [5, 5.41) is 0. The van der Waals surface area contributed by atoms with Gasteiger partial charge in [0, 0.05) is 12.0 Å². The van der Waals surface area contributed by atoms with Crippen LogP contribution < -0.4 is 4.74 Å². The van der Waals surface area contributed by atoms with E-state index in [2.05, 4.69) is 6.08 Å². The average molecular weight is 230 g/mol. The molecule has 0 radical (unpaired) electrons. The second-order valence-corrected chi connectivity index (χ2v) is 4.54. The van der Waals surface area contributed by atoms with E-state index in [4.69, 9.17) is 4.74 Å². The van der Waals surface area contributed by atoms with Gasteiger partial charge in [-0.3, -0.25) is 4.79 Å². The third-order valence-electron chi connectivity index (χ3n) is 3.19. The van der Waals surface area contributed by atoms with Gasteiger partial charge in [0.25, 0.3) is 0 Å². The van der Waals surface area contributed by atoms with Gasteiger partial charge in [-0.05, 0) is 37.8 Å². The summed E-state index contributed by atoms with van der Waals surface area (Å²) in [5.41, 5.74) is 3.15. The summed E-state index contributed by atoms with van der Waals surface area (Å²) in [4.78, 5) is 12.1. The van der Waals surface area contributed by atoms with E-state index in [1.165, 1.54) is 0 Å². The van der Waals surface area contributed by atoms with Gasteiger partial charge in [-0.15, -0.1) is 0 Å². The van der Waals surface area contributed by atoms with Gasteiger partial charge < -0.3 is 4.74 Å². The molecule has 2 heteroatoms. The van der Waals surface area contributed by atoms with Crippen molar-refractivity contribution >= 4 is 5.78 Å². The van der Waals surface area contributed by atoms with E-state index in [1.54, 1.807) is 7.11 Å². The number of Topliss-reactive ketones (excluding diaryl/α,β-unsaturated/α-hetero) is 1. The normalized spacial score (nSPS) is 14.6. The molecule has 1 aliphatic carbocycles. The Morgan fingerprint density at radius 1 is 1.41 bits per heavy atom. The molecule has 90 valence electrons. The monoisotopic (exact) mass is 230 g/mol. The first kappa shape index (κ1) is 11.9. The maximum Gasteiger partial charge on any atom is 0.163 e. The van der Waals surface area contributed by atoms with Crippen molar-refractivity contribution in [3.05, 3.63) is 41.0 Å². The van der Waals surface area contributed by atoms with Crippen LogP contribution in [-0.4, -0.2) is 12.9 Å². The fourth-order valence-electron chi connectivity index (χ4n) is 2.26. The molecule has 0 unspecified atom stereocenters. The van der Waals surface area contributed by atoms with Crippen molar-refractivity contribution in [3.63, 3.8) is 0 Å². The van der Waals surface area contributed by atoms with Crippen molar-refractivity contribution in [2.24, 2.45) is 0 Å². The lowest BCUT2D eigenvalue weighted by atomic mass is 10.0. The van der Waals surface area contributed by atoms with E-state index in [9.17, 15) is 4.79 Å². The molecule has 0 fully saturated rings. The number of rotatable bonds is 4. The number of hydrogen-bond donors (Lipinski definition) is 0. The molecule has 0 heterocycles. The van der Waals surface area contributed by atoms with Crippen molar-refractivity contribution in [1.82, 2.24) is 0 Å². The highest BCUT2D eigenvalue weighted by Crippen LogP contribution is 2.24. The molecule has 2 nitrogen and oxygen atoms in total. The average Bonchev–Trinajstić information content (AvgIpc) is 2.83. The van der Waals surface area contributed by atoms with Crippen LogP contribution in [0.4, 0.5) is 0 Å². The molecule has 0 aromatic heterocycles. The molecule has 0 N–H and O–H groups in total. The van der Waals surface area contributed by atoms with Crippen LogP contribution in [0.5, 0.6) is 5.75 Å². The quantitative estimate of drug-likeness (QED) is 0.793. The van der Waals surface area contributed by atoms with Gasteiger partial charge in [0.2, 0.25) is 0 Å². The molecule has 0 atom stereocenters. The summed E-state index contributed by atoms with van der Waals surface area (Å²) in [6, 6.07) is 5.97. The molecular weight excluding hydrogens is 212 g/mol. The lowest BCUT2D eigenvalue weighted by Gasteiger charge is -2.09. The highest BCUT2D eigenvalue weighted by atomic mass is 16.5. The largest absolute Gasteiger partial charge is 0.496 e. The topological polar surface area (TPSA) is 26.3 Å². The molecule has 1 aromatic carbocycles. The Balaban J connectivity index is 2.17. The zero-order chi connectivity index (χ0) is 12.3. The van der Waals surface area contributed by atoms with Gasteiger partial charge in [0.15, 0.2) is 5.78 Å². The second-order valence-electron chi connectivity index (χ2n) is 4.54. The van der Waals surface area contributed by atoms with Gasteiger partial charge >= 0.3 is 0 Å². The van der Waals surface area contributed by atoms with Crippen molar-refractivity contribution in [2.45, 2.75) is 32.6 Å². The smallest absolute Gasteiger partial charge is 0.163 e. The number of hydrogen-bond acceptors (Lipinski definition) is 2. The van der Waals surface area contributed by atoms with Crippen molar-refractivity contribution in [2.75, 3.05) is 7.11 Å². The Hall–Kier alpha value is -1.57. The minimum Gasteiger partial charge on any atom is -0.496 e. The van der Waals surface area contributed by atoms with E-state index in [1.807, 2.05) is 25.1 Å². The van der Waals surface area contributed by atoms with Crippen molar-refractivity contribution in [3.8, 4) is 5.75 Å². The number of ketones is 1. The summed E-state index contributed by atoms with van der Waals surface area (Å²) in [6.07, 6.45) is 5.63. The van der Waals surface area contributed by atoms with E-state index in [-0.39, 0.29) is 5.78 Å². The number of methoxy groups -OCH3 is 1. The van der Waals surface area contributed by atoms with E-state index in [0.29, 0.717) is 6.42 Å². The highest BCUT2D eigenvalue weighted by Gasteiger charge is 2.15. The van der Waals surface area contributed by atoms with E-state index < -0.39 is 0 Å². The lowest BCUT2D eigenvalue weighted by Crippen LogP contribution is -2.06. The molecular formula is C15H18O2. The fourth-order valence-corrected chi connectivity index (χ4v) is 2.26. The third kappa shape index (κ3) is 2.76. The number of carbonyl (C=O) groups excluding carboxylic acids is 1.